The maximum absolute atomic E-state index is 13.3. The number of para-hydroxylation sites is 2. The summed E-state index contributed by atoms with van der Waals surface area (Å²) in [7, 11) is -2.27. The van der Waals surface area contributed by atoms with Crippen molar-refractivity contribution in [2.45, 2.75) is 17.7 Å². The van der Waals surface area contributed by atoms with Gasteiger partial charge in [-0.05, 0) is 43.2 Å². The Morgan fingerprint density at radius 3 is 2.54 bits per heavy atom. The van der Waals surface area contributed by atoms with E-state index in [1.54, 1.807) is 24.3 Å². The van der Waals surface area contributed by atoms with Gasteiger partial charge in [-0.1, -0.05) is 23.7 Å². The number of hydrogen-bond donors (Lipinski definition) is 1. The molecular formula is C19H20ClFN2O4S. The number of nitrogens with zero attached hydrogens (tertiary/aromatic N) is 1. The summed E-state index contributed by atoms with van der Waals surface area (Å²) in [4.78, 5) is 12.5. The minimum absolute atomic E-state index is 0.0594. The molecule has 0 atom stereocenters. The van der Waals surface area contributed by atoms with Gasteiger partial charge in [0.1, 0.15) is 11.6 Å². The van der Waals surface area contributed by atoms with Crippen LogP contribution in [0.4, 0.5) is 10.1 Å². The van der Waals surface area contributed by atoms with E-state index in [1.165, 1.54) is 17.5 Å². The van der Waals surface area contributed by atoms with Crippen LogP contribution in [0.1, 0.15) is 12.8 Å². The number of nitrogens with one attached hydrogen (secondary N) is 1. The molecule has 0 aliphatic carbocycles. The fourth-order valence-electron chi connectivity index (χ4n) is 3.13. The van der Waals surface area contributed by atoms with Crippen molar-refractivity contribution in [2.75, 3.05) is 25.5 Å². The molecular weight excluding hydrogens is 407 g/mol. The van der Waals surface area contributed by atoms with Crippen LogP contribution in [0.15, 0.2) is 47.4 Å². The van der Waals surface area contributed by atoms with Crippen LogP contribution in [-0.2, 0) is 14.8 Å². The number of benzene rings is 2. The SMILES string of the molecule is COc1ccccc1NC(=O)C1CCN(S(=O)(=O)c2ccc(F)c(Cl)c2)CC1. The lowest BCUT2D eigenvalue weighted by molar-refractivity contribution is -0.120. The summed E-state index contributed by atoms with van der Waals surface area (Å²) < 4.78 is 45.3. The number of halogens is 2. The largest absolute Gasteiger partial charge is 0.495 e. The monoisotopic (exact) mass is 426 g/mol. The molecule has 6 nitrogen and oxygen atoms in total. The van der Waals surface area contributed by atoms with Gasteiger partial charge in [0.05, 0.1) is 22.7 Å². The van der Waals surface area contributed by atoms with E-state index in [4.69, 9.17) is 16.3 Å². The van der Waals surface area contributed by atoms with E-state index in [0.29, 0.717) is 24.3 Å². The lowest BCUT2D eigenvalue weighted by Crippen LogP contribution is -2.41. The number of amides is 1. The number of sulfonamides is 1. The van der Waals surface area contributed by atoms with Crippen LogP contribution in [0.3, 0.4) is 0 Å². The molecule has 1 aliphatic heterocycles. The first kappa shape index (κ1) is 20.6. The summed E-state index contributed by atoms with van der Waals surface area (Å²) in [6.07, 6.45) is 0.768. The molecule has 0 spiro atoms. The van der Waals surface area contributed by atoms with Crippen molar-refractivity contribution in [2.24, 2.45) is 5.92 Å². The number of carbonyl (C=O) groups excluding carboxylic acids is 1. The second-order valence-electron chi connectivity index (χ2n) is 6.44. The lowest BCUT2D eigenvalue weighted by atomic mass is 9.97. The molecule has 1 aliphatic rings. The van der Waals surface area contributed by atoms with Crippen molar-refractivity contribution >= 4 is 33.2 Å². The van der Waals surface area contributed by atoms with Crippen LogP contribution in [0, 0.1) is 11.7 Å². The van der Waals surface area contributed by atoms with E-state index >= 15 is 0 Å². The Morgan fingerprint density at radius 1 is 1.21 bits per heavy atom. The molecule has 3 rings (SSSR count). The summed E-state index contributed by atoms with van der Waals surface area (Å²) in [6.45, 7) is 0.392. The van der Waals surface area contributed by atoms with E-state index in [0.717, 1.165) is 12.1 Å². The van der Waals surface area contributed by atoms with Gasteiger partial charge in [0, 0.05) is 19.0 Å². The highest BCUT2D eigenvalue weighted by Crippen LogP contribution is 2.28. The maximum atomic E-state index is 13.3. The number of ether oxygens (including phenoxy) is 1. The van der Waals surface area contributed by atoms with Gasteiger partial charge >= 0.3 is 0 Å². The van der Waals surface area contributed by atoms with Gasteiger partial charge in [0.2, 0.25) is 15.9 Å². The second kappa shape index (κ2) is 8.46. The van der Waals surface area contributed by atoms with Crippen molar-refractivity contribution in [3.05, 3.63) is 53.3 Å². The first-order chi connectivity index (χ1) is 13.3. The highest BCUT2D eigenvalue weighted by atomic mass is 35.5. The van der Waals surface area contributed by atoms with Gasteiger partial charge in [-0.25, -0.2) is 12.8 Å². The van der Waals surface area contributed by atoms with Crippen molar-refractivity contribution in [3.8, 4) is 5.75 Å². The molecule has 1 N–H and O–H groups in total. The number of carbonyl (C=O) groups is 1. The Balaban J connectivity index is 1.65. The average molecular weight is 427 g/mol. The van der Waals surface area contributed by atoms with Crippen LogP contribution >= 0.6 is 11.6 Å². The maximum Gasteiger partial charge on any atom is 0.243 e. The summed E-state index contributed by atoms with van der Waals surface area (Å²) in [5, 5.41) is 2.60. The van der Waals surface area contributed by atoms with Crippen LogP contribution in [0.5, 0.6) is 5.75 Å². The fourth-order valence-corrected chi connectivity index (χ4v) is 4.87. The van der Waals surface area contributed by atoms with Gasteiger partial charge in [-0.15, -0.1) is 0 Å². The van der Waals surface area contributed by atoms with E-state index in [2.05, 4.69) is 5.32 Å². The number of rotatable bonds is 5. The molecule has 0 bridgehead atoms. The zero-order chi connectivity index (χ0) is 20.3. The normalized spacial score (nSPS) is 16.0. The predicted octanol–water partition coefficient (Wildman–Crippen LogP) is 3.53. The molecule has 0 aromatic heterocycles. The number of hydrogen-bond acceptors (Lipinski definition) is 4. The third kappa shape index (κ3) is 4.29. The zero-order valence-corrected chi connectivity index (χ0v) is 16.8. The van der Waals surface area contributed by atoms with Crippen molar-refractivity contribution in [3.63, 3.8) is 0 Å². The quantitative estimate of drug-likeness (QED) is 0.793. The number of methoxy groups -OCH3 is 1. The van der Waals surface area contributed by atoms with Gasteiger partial charge in [0.25, 0.3) is 0 Å². The van der Waals surface area contributed by atoms with Gasteiger partial charge in [-0.3, -0.25) is 4.79 Å². The molecule has 1 amide bonds. The van der Waals surface area contributed by atoms with E-state index < -0.39 is 15.8 Å². The van der Waals surface area contributed by atoms with E-state index in [9.17, 15) is 17.6 Å². The summed E-state index contributed by atoms with van der Waals surface area (Å²) in [5.41, 5.74) is 0.575. The smallest absolute Gasteiger partial charge is 0.243 e. The predicted molar refractivity (Wildman–Crippen MR) is 105 cm³/mol. The number of anilines is 1. The average Bonchev–Trinajstić information content (AvgIpc) is 2.70. The Labute approximate surface area is 168 Å². The molecule has 28 heavy (non-hydrogen) atoms. The molecule has 9 heteroatoms. The Bertz CT molecular complexity index is 976. The summed E-state index contributed by atoms with van der Waals surface area (Å²) in [6, 6.07) is 10.4. The topological polar surface area (TPSA) is 75.7 Å². The van der Waals surface area contributed by atoms with E-state index in [-0.39, 0.29) is 34.8 Å². The fraction of sp³-hybridized carbons (Fsp3) is 0.316. The van der Waals surface area contributed by atoms with Crippen LogP contribution in [0.25, 0.3) is 0 Å². The molecule has 0 saturated carbocycles. The van der Waals surface area contributed by atoms with Gasteiger partial charge in [0.15, 0.2) is 0 Å². The third-order valence-electron chi connectivity index (χ3n) is 4.72. The molecule has 2 aromatic carbocycles. The molecule has 0 unspecified atom stereocenters. The van der Waals surface area contributed by atoms with Crippen molar-refractivity contribution in [1.29, 1.82) is 0 Å². The first-order valence-electron chi connectivity index (χ1n) is 8.72. The Hall–Kier alpha value is -2.16. The molecule has 150 valence electrons. The molecule has 1 saturated heterocycles. The van der Waals surface area contributed by atoms with Crippen LogP contribution < -0.4 is 10.1 Å². The number of piperidine rings is 1. The van der Waals surface area contributed by atoms with Crippen LogP contribution in [-0.4, -0.2) is 38.8 Å². The molecule has 2 aromatic rings. The minimum atomic E-state index is -3.79. The Kier molecular flexibility index (Phi) is 6.22. The summed E-state index contributed by atoms with van der Waals surface area (Å²) >= 11 is 5.70. The lowest BCUT2D eigenvalue weighted by Gasteiger charge is -2.30. The molecule has 1 fully saturated rings. The molecule has 0 radical (unpaired) electrons. The Morgan fingerprint density at radius 2 is 1.89 bits per heavy atom. The zero-order valence-electron chi connectivity index (χ0n) is 15.2. The standard InChI is InChI=1S/C19H20ClFN2O4S/c1-27-18-5-3-2-4-17(18)22-19(24)13-8-10-23(11-9-13)28(25,26)14-6-7-16(21)15(20)12-14/h2-7,12-13H,8-11H2,1H3,(H,22,24). The molecule has 1 heterocycles. The van der Waals surface area contributed by atoms with Gasteiger partial charge < -0.3 is 10.1 Å². The second-order valence-corrected chi connectivity index (χ2v) is 8.79. The first-order valence-corrected chi connectivity index (χ1v) is 10.5. The minimum Gasteiger partial charge on any atom is -0.495 e. The highest BCUT2D eigenvalue weighted by molar-refractivity contribution is 7.89. The highest BCUT2D eigenvalue weighted by Gasteiger charge is 2.32. The van der Waals surface area contributed by atoms with Crippen LogP contribution in [0.2, 0.25) is 5.02 Å². The van der Waals surface area contributed by atoms with Gasteiger partial charge in [-0.2, -0.15) is 4.31 Å². The third-order valence-corrected chi connectivity index (χ3v) is 6.90. The van der Waals surface area contributed by atoms with E-state index in [1.807, 2.05) is 0 Å². The summed E-state index contributed by atoms with van der Waals surface area (Å²) in [5.74, 6) is -0.601. The van der Waals surface area contributed by atoms with Crippen molar-refractivity contribution in [1.82, 2.24) is 4.31 Å². The van der Waals surface area contributed by atoms with Crippen molar-refractivity contribution < 1.29 is 22.3 Å².